The van der Waals surface area contributed by atoms with Crippen LogP contribution >= 0.6 is 0 Å². The van der Waals surface area contributed by atoms with Crippen LogP contribution in [0.15, 0.2) is 12.3 Å². The number of hydrogen-bond donors (Lipinski definition) is 2. The summed E-state index contributed by atoms with van der Waals surface area (Å²) in [6, 6.07) is 0.820. The molecule has 1 aromatic heterocycles. The predicted molar refractivity (Wildman–Crippen MR) is 53.8 cm³/mol. The highest BCUT2D eigenvalue weighted by molar-refractivity contribution is 5.29. The molecule has 0 aliphatic heterocycles. The van der Waals surface area contributed by atoms with Gasteiger partial charge >= 0.3 is 6.18 Å². The number of anilines is 1. The molecule has 0 atom stereocenters. The van der Waals surface area contributed by atoms with Crippen molar-refractivity contribution in [3.05, 3.63) is 18.0 Å². The molecule has 0 unspecified atom stereocenters. The van der Waals surface area contributed by atoms with Crippen LogP contribution in [0.2, 0.25) is 0 Å². The summed E-state index contributed by atoms with van der Waals surface area (Å²) in [5.74, 6) is -0.0784. The van der Waals surface area contributed by atoms with Crippen LogP contribution in [0.25, 0.3) is 0 Å². The summed E-state index contributed by atoms with van der Waals surface area (Å²) in [4.78, 5) is 7.08. The lowest BCUT2D eigenvalue weighted by molar-refractivity contribution is -0.141. The minimum Gasteiger partial charge on any atom is -0.348 e. The molecule has 0 amide bonds. The molecule has 4 nitrogen and oxygen atoms in total. The first-order chi connectivity index (χ1) is 7.24. The third-order valence-corrected chi connectivity index (χ3v) is 1.91. The van der Waals surface area contributed by atoms with Crippen LogP contribution < -0.4 is 11.1 Å². The standard InChI is InChI=1S/C9H13F3N4/c1-8(2,5-13)16-7-14-4-3-6(15-7)9(10,11)12/h3-4H,5,13H2,1-2H3,(H,14,15,16). The Hall–Kier alpha value is -1.37. The van der Waals surface area contributed by atoms with Crippen LogP contribution in [0.3, 0.4) is 0 Å². The fourth-order valence-electron chi connectivity index (χ4n) is 0.930. The van der Waals surface area contributed by atoms with Crippen LogP contribution in [0, 0.1) is 0 Å². The van der Waals surface area contributed by atoms with Gasteiger partial charge in [0.2, 0.25) is 5.95 Å². The molecule has 1 rings (SSSR count). The average molecular weight is 234 g/mol. The highest BCUT2D eigenvalue weighted by atomic mass is 19.4. The molecule has 90 valence electrons. The Morgan fingerprint density at radius 1 is 1.38 bits per heavy atom. The van der Waals surface area contributed by atoms with Crippen molar-refractivity contribution in [2.45, 2.75) is 25.6 Å². The monoisotopic (exact) mass is 234 g/mol. The summed E-state index contributed by atoms with van der Waals surface area (Å²) >= 11 is 0. The fourth-order valence-corrected chi connectivity index (χ4v) is 0.930. The van der Waals surface area contributed by atoms with E-state index in [9.17, 15) is 13.2 Å². The summed E-state index contributed by atoms with van der Waals surface area (Å²) in [6.07, 6.45) is -3.41. The third-order valence-electron chi connectivity index (χ3n) is 1.91. The molecular formula is C9H13F3N4. The van der Waals surface area contributed by atoms with Gasteiger partial charge in [-0.05, 0) is 19.9 Å². The summed E-state index contributed by atoms with van der Waals surface area (Å²) in [6.45, 7) is 3.75. The summed E-state index contributed by atoms with van der Waals surface area (Å²) in [5.41, 5.74) is 3.91. The van der Waals surface area contributed by atoms with Gasteiger partial charge in [-0.3, -0.25) is 0 Å². The van der Waals surface area contributed by atoms with E-state index >= 15 is 0 Å². The Morgan fingerprint density at radius 2 is 2.00 bits per heavy atom. The lowest BCUT2D eigenvalue weighted by atomic mass is 10.1. The number of nitrogens with zero attached hydrogens (tertiary/aromatic N) is 2. The second-order valence-electron chi connectivity index (χ2n) is 3.98. The number of nitrogens with one attached hydrogen (secondary N) is 1. The number of halogens is 3. The summed E-state index contributed by atoms with van der Waals surface area (Å²) in [5, 5.41) is 2.73. The lowest BCUT2D eigenvalue weighted by Crippen LogP contribution is -2.39. The van der Waals surface area contributed by atoms with Gasteiger partial charge in [-0.2, -0.15) is 13.2 Å². The molecule has 0 saturated heterocycles. The van der Waals surface area contributed by atoms with E-state index in [1.807, 2.05) is 0 Å². The molecule has 0 aromatic carbocycles. The molecule has 0 saturated carbocycles. The van der Waals surface area contributed by atoms with Gasteiger partial charge in [0.05, 0.1) is 0 Å². The van der Waals surface area contributed by atoms with E-state index in [-0.39, 0.29) is 12.5 Å². The number of aromatic nitrogens is 2. The summed E-state index contributed by atoms with van der Waals surface area (Å²) in [7, 11) is 0. The van der Waals surface area contributed by atoms with Gasteiger partial charge in [-0.25, -0.2) is 9.97 Å². The van der Waals surface area contributed by atoms with E-state index in [2.05, 4.69) is 15.3 Å². The van der Waals surface area contributed by atoms with Crippen LogP contribution in [0.1, 0.15) is 19.5 Å². The zero-order valence-corrected chi connectivity index (χ0v) is 8.97. The minimum absolute atomic E-state index is 0.0784. The third kappa shape index (κ3) is 3.34. The average Bonchev–Trinajstić information content (AvgIpc) is 2.16. The van der Waals surface area contributed by atoms with Crippen molar-refractivity contribution in [2.75, 3.05) is 11.9 Å². The number of nitrogens with two attached hydrogens (primary N) is 1. The number of rotatable bonds is 3. The largest absolute Gasteiger partial charge is 0.433 e. The Balaban J connectivity index is 2.92. The van der Waals surface area contributed by atoms with Crippen molar-refractivity contribution in [2.24, 2.45) is 5.73 Å². The van der Waals surface area contributed by atoms with Crippen LogP contribution in [0.5, 0.6) is 0 Å². The van der Waals surface area contributed by atoms with E-state index in [4.69, 9.17) is 5.73 Å². The zero-order valence-electron chi connectivity index (χ0n) is 8.97. The maximum absolute atomic E-state index is 12.3. The van der Waals surface area contributed by atoms with Gasteiger partial charge in [0, 0.05) is 18.3 Å². The normalized spacial score (nSPS) is 12.6. The SMILES string of the molecule is CC(C)(CN)Nc1nccc(C(F)(F)F)n1. The zero-order chi connectivity index (χ0) is 12.4. The van der Waals surface area contributed by atoms with E-state index in [0.29, 0.717) is 0 Å². The Morgan fingerprint density at radius 3 is 2.50 bits per heavy atom. The van der Waals surface area contributed by atoms with E-state index in [1.54, 1.807) is 13.8 Å². The first kappa shape index (κ1) is 12.7. The summed E-state index contributed by atoms with van der Waals surface area (Å²) < 4.78 is 37.0. The second kappa shape index (κ2) is 4.25. The number of alkyl halides is 3. The van der Waals surface area contributed by atoms with E-state index in [1.165, 1.54) is 0 Å². The van der Waals surface area contributed by atoms with Gasteiger partial charge in [0.25, 0.3) is 0 Å². The smallest absolute Gasteiger partial charge is 0.348 e. The molecule has 1 aromatic rings. The van der Waals surface area contributed by atoms with Crippen LogP contribution in [-0.4, -0.2) is 22.1 Å². The quantitative estimate of drug-likeness (QED) is 0.834. The molecule has 0 fully saturated rings. The van der Waals surface area contributed by atoms with Crippen molar-refractivity contribution in [1.82, 2.24) is 9.97 Å². The van der Waals surface area contributed by atoms with Crippen molar-refractivity contribution in [1.29, 1.82) is 0 Å². The predicted octanol–water partition coefficient (Wildman–Crippen LogP) is 1.64. The maximum Gasteiger partial charge on any atom is 0.433 e. The lowest BCUT2D eigenvalue weighted by Gasteiger charge is -2.24. The Labute approximate surface area is 91.1 Å². The molecule has 7 heteroatoms. The number of hydrogen-bond acceptors (Lipinski definition) is 4. The van der Waals surface area contributed by atoms with Gasteiger partial charge in [0.1, 0.15) is 5.69 Å². The molecule has 3 N–H and O–H groups in total. The molecule has 0 aliphatic carbocycles. The van der Waals surface area contributed by atoms with Gasteiger partial charge < -0.3 is 11.1 Å². The van der Waals surface area contributed by atoms with Gasteiger partial charge in [-0.15, -0.1) is 0 Å². The second-order valence-corrected chi connectivity index (χ2v) is 3.98. The van der Waals surface area contributed by atoms with Crippen molar-refractivity contribution < 1.29 is 13.2 Å². The maximum atomic E-state index is 12.3. The van der Waals surface area contributed by atoms with Crippen molar-refractivity contribution in [3.8, 4) is 0 Å². The van der Waals surface area contributed by atoms with Crippen LogP contribution in [0.4, 0.5) is 19.1 Å². The first-order valence-corrected chi connectivity index (χ1v) is 4.63. The Bertz CT molecular complexity index is 362. The van der Waals surface area contributed by atoms with Crippen LogP contribution in [-0.2, 0) is 6.18 Å². The molecule has 0 aliphatic rings. The molecule has 16 heavy (non-hydrogen) atoms. The highest BCUT2D eigenvalue weighted by Gasteiger charge is 2.33. The molecule has 0 spiro atoms. The van der Waals surface area contributed by atoms with Crippen molar-refractivity contribution in [3.63, 3.8) is 0 Å². The first-order valence-electron chi connectivity index (χ1n) is 4.63. The fraction of sp³-hybridized carbons (Fsp3) is 0.556. The van der Waals surface area contributed by atoms with Crippen molar-refractivity contribution >= 4 is 5.95 Å². The molecular weight excluding hydrogens is 221 g/mol. The topological polar surface area (TPSA) is 63.8 Å². The highest BCUT2D eigenvalue weighted by Crippen LogP contribution is 2.27. The molecule has 1 heterocycles. The van der Waals surface area contributed by atoms with E-state index in [0.717, 1.165) is 12.3 Å². The van der Waals surface area contributed by atoms with Gasteiger partial charge in [-0.1, -0.05) is 0 Å². The van der Waals surface area contributed by atoms with Gasteiger partial charge in [0.15, 0.2) is 0 Å². The molecule has 0 bridgehead atoms. The Kier molecular flexibility index (Phi) is 3.37. The molecule has 0 radical (unpaired) electrons. The van der Waals surface area contributed by atoms with E-state index < -0.39 is 17.4 Å². The minimum atomic E-state index is -4.47.